The second-order valence-corrected chi connectivity index (χ2v) is 7.84. The first-order valence-electron chi connectivity index (χ1n) is 10.5. The monoisotopic (exact) mass is 365 g/mol. The van der Waals surface area contributed by atoms with E-state index in [0.29, 0.717) is 6.04 Å². The number of nitriles is 1. The van der Waals surface area contributed by atoms with E-state index in [2.05, 4.69) is 41.8 Å². The summed E-state index contributed by atoms with van der Waals surface area (Å²) in [6.45, 7) is 2.07. The van der Waals surface area contributed by atoms with Gasteiger partial charge in [-0.15, -0.1) is 0 Å². The maximum Gasteiger partial charge on any atom is 0.263 e. The molecule has 0 bridgehead atoms. The van der Waals surface area contributed by atoms with Gasteiger partial charge in [-0.2, -0.15) is 5.26 Å². The molecule has 1 fully saturated rings. The van der Waals surface area contributed by atoms with Gasteiger partial charge in [0, 0.05) is 12.2 Å². The van der Waals surface area contributed by atoms with E-state index in [0.717, 1.165) is 37.7 Å². The first kappa shape index (κ1) is 19.5. The van der Waals surface area contributed by atoms with Crippen molar-refractivity contribution in [2.45, 2.75) is 83.2 Å². The molecule has 2 aliphatic rings. The predicted molar refractivity (Wildman–Crippen MR) is 108 cm³/mol. The average Bonchev–Trinajstić information content (AvgIpc) is 2.73. The molecule has 0 aromatic heterocycles. The van der Waals surface area contributed by atoms with Gasteiger partial charge in [-0.05, 0) is 61.6 Å². The number of hydrogen-bond acceptors (Lipinski definition) is 3. The lowest BCUT2D eigenvalue weighted by Gasteiger charge is -2.23. The Hall–Kier alpha value is -2.28. The molecule has 1 aromatic carbocycles. The van der Waals surface area contributed by atoms with Gasteiger partial charge < -0.3 is 10.6 Å². The van der Waals surface area contributed by atoms with Crippen LogP contribution < -0.4 is 10.6 Å². The standard InChI is InChI=1S/C23H31N3O/c1-2-22(19-13-12-17-8-6-7-9-18(17)14-19)26-23(27)20(15-24)16-25-21-10-4-3-5-11-21/h12-14,16,21-22,25H,2-11H2,1H3,(H,26,27)/b20-16-. The number of nitrogens with zero attached hydrogens (tertiary/aromatic N) is 1. The Bertz CT molecular complexity index is 726. The van der Waals surface area contributed by atoms with E-state index < -0.39 is 0 Å². The Morgan fingerprint density at radius 1 is 1.19 bits per heavy atom. The molecule has 144 valence electrons. The van der Waals surface area contributed by atoms with Crippen LogP contribution in [0.15, 0.2) is 30.0 Å². The Morgan fingerprint density at radius 3 is 2.63 bits per heavy atom. The van der Waals surface area contributed by atoms with Crippen LogP contribution in [0.2, 0.25) is 0 Å². The number of carbonyl (C=O) groups excluding carboxylic acids is 1. The van der Waals surface area contributed by atoms with Crippen molar-refractivity contribution in [3.05, 3.63) is 46.7 Å². The molecule has 1 saturated carbocycles. The van der Waals surface area contributed by atoms with E-state index in [4.69, 9.17) is 0 Å². The van der Waals surface area contributed by atoms with Crippen LogP contribution in [0.3, 0.4) is 0 Å². The van der Waals surface area contributed by atoms with Crippen molar-refractivity contribution in [1.29, 1.82) is 5.26 Å². The lowest BCUT2D eigenvalue weighted by Crippen LogP contribution is -2.32. The van der Waals surface area contributed by atoms with Crippen LogP contribution in [0.1, 0.15) is 81.0 Å². The van der Waals surface area contributed by atoms with E-state index in [1.807, 2.05) is 0 Å². The highest BCUT2D eigenvalue weighted by atomic mass is 16.1. The highest BCUT2D eigenvalue weighted by molar-refractivity contribution is 5.97. The number of benzene rings is 1. The third kappa shape index (κ3) is 5.13. The highest BCUT2D eigenvalue weighted by Gasteiger charge is 2.19. The van der Waals surface area contributed by atoms with Crippen LogP contribution in [0, 0.1) is 11.3 Å². The maximum atomic E-state index is 12.6. The molecule has 27 heavy (non-hydrogen) atoms. The van der Waals surface area contributed by atoms with Crippen molar-refractivity contribution in [1.82, 2.24) is 10.6 Å². The molecule has 4 nitrogen and oxygen atoms in total. The number of hydrogen-bond donors (Lipinski definition) is 2. The van der Waals surface area contributed by atoms with Crippen LogP contribution in [0.4, 0.5) is 0 Å². The Kier molecular flexibility index (Phi) is 6.92. The third-order valence-electron chi connectivity index (χ3n) is 5.92. The normalized spacial score (nSPS) is 18.9. The first-order chi connectivity index (χ1) is 13.2. The summed E-state index contributed by atoms with van der Waals surface area (Å²) in [4.78, 5) is 12.6. The quantitative estimate of drug-likeness (QED) is 0.578. The molecule has 0 aliphatic heterocycles. The molecule has 4 heteroatoms. The molecule has 2 aliphatic carbocycles. The number of aryl methyl sites for hydroxylation is 2. The van der Waals surface area contributed by atoms with E-state index in [1.165, 1.54) is 43.2 Å². The minimum Gasteiger partial charge on any atom is -0.387 e. The van der Waals surface area contributed by atoms with Crippen molar-refractivity contribution in [2.75, 3.05) is 0 Å². The van der Waals surface area contributed by atoms with Gasteiger partial charge in [0.15, 0.2) is 0 Å². The zero-order valence-electron chi connectivity index (χ0n) is 16.4. The number of carbonyl (C=O) groups is 1. The lowest BCUT2D eigenvalue weighted by atomic mass is 9.88. The minimum atomic E-state index is -0.287. The second kappa shape index (κ2) is 9.60. The Balaban J connectivity index is 1.65. The highest BCUT2D eigenvalue weighted by Crippen LogP contribution is 2.26. The van der Waals surface area contributed by atoms with Crippen molar-refractivity contribution in [3.8, 4) is 6.07 Å². The first-order valence-corrected chi connectivity index (χ1v) is 10.5. The van der Waals surface area contributed by atoms with Crippen LogP contribution in [0.25, 0.3) is 0 Å². The third-order valence-corrected chi connectivity index (χ3v) is 5.92. The molecule has 0 saturated heterocycles. The van der Waals surface area contributed by atoms with Crippen molar-refractivity contribution < 1.29 is 4.79 Å². The smallest absolute Gasteiger partial charge is 0.263 e. The van der Waals surface area contributed by atoms with Crippen molar-refractivity contribution in [2.24, 2.45) is 0 Å². The summed E-state index contributed by atoms with van der Waals surface area (Å²) in [5, 5.41) is 15.8. The predicted octanol–water partition coefficient (Wildman–Crippen LogP) is 4.46. The molecular weight excluding hydrogens is 334 g/mol. The van der Waals surface area contributed by atoms with Gasteiger partial charge in [-0.3, -0.25) is 4.79 Å². The van der Waals surface area contributed by atoms with Crippen LogP contribution in [0.5, 0.6) is 0 Å². The summed E-state index contributed by atoms with van der Waals surface area (Å²) in [5.41, 5.74) is 4.17. The summed E-state index contributed by atoms with van der Waals surface area (Å²) >= 11 is 0. The molecule has 3 rings (SSSR count). The van der Waals surface area contributed by atoms with E-state index in [9.17, 15) is 10.1 Å². The fourth-order valence-corrected chi connectivity index (χ4v) is 4.25. The molecule has 2 N–H and O–H groups in total. The van der Waals surface area contributed by atoms with Gasteiger partial charge >= 0.3 is 0 Å². The Labute approximate surface area is 163 Å². The molecule has 0 spiro atoms. The van der Waals surface area contributed by atoms with Gasteiger partial charge in [0.1, 0.15) is 11.6 Å². The molecule has 1 atom stereocenters. The Morgan fingerprint density at radius 2 is 1.93 bits per heavy atom. The molecule has 0 radical (unpaired) electrons. The number of rotatable bonds is 6. The van der Waals surface area contributed by atoms with Crippen molar-refractivity contribution in [3.63, 3.8) is 0 Å². The van der Waals surface area contributed by atoms with Crippen LogP contribution in [-0.4, -0.2) is 11.9 Å². The fraction of sp³-hybridized carbons (Fsp3) is 0.565. The summed E-state index contributed by atoms with van der Waals surface area (Å²) in [5.74, 6) is -0.287. The summed E-state index contributed by atoms with van der Waals surface area (Å²) in [7, 11) is 0. The van der Waals surface area contributed by atoms with E-state index >= 15 is 0 Å². The van der Waals surface area contributed by atoms with Gasteiger partial charge in [-0.1, -0.05) is 44.4 Å². The number of nitrogens with one attached hydrogen (secondary N) is 2. The number of fused-ring (bicyclic) bond motifs is 1. The zero-order chi connectivity index (χ0) is 19.1. The zero-order valence-corrected chi connectivity index (χ0v) is 16.4. The summed E-state index contributed by atoms with van der Waals surface area (Å²) < 4.78 is 0. The van der Waals surface area contributed by atoms with Gasteiger partial charge in [0.05, 0.1) is 6.04 Å². The van der Waals surface area contributed by atoms with Crippen LogP contribution in [-0.2, 0) is 17.6 Å². The minimum absolute atomic E-state index is 0.0591. The maximum absolute atomic E-state index is 12.6. The molecular formula is C23H31N3O. The van der Waals surface area contributed by atoms with Gasteiger partial charge in [0.25, 0.3) is 5.91 Å². The molecule has 0 heterocycles. The molecule has 1 amide bonds. The molecule has 1 unspecified atom stereocenters. The van der Waals surface area contributed by atoms with Crippen molar-refractivity contribution >= 4 is 5.91 Å². The summed E-state index contributed by atoms with van der Waals surface area (Å²) in [6.07, 6.45) is 13.2. The van der Waals surface area contributed by atoms with Crippen LogP contribution >= 0.6 is 0 Å². The fourth-order valence-electron chi connectivity index (χ4n) is 4.25. The summed E-state index contributed by atoms with van der Waals surface area (Å²) in [6, 6.07) is 8.98. The van der Waals surface area contributed by atoms with E-state index in [1.54, 1.807) is 6.20 Å². The lowest BCUT2D eigenvalue weighted by molar-refractivity contribution is -0.117. The second-order valence-electron chi connectivity index (χ2n) is 7.84. The largest absolute Gasteiger partial charge is 0.387 e. The topological polar surface area (TPSA) is 64.9 Å². The average molecular weight is 366 g/mol. The SMILES string of the molecule is CCC(NC(=O)/C(C#N)=C\NC1CCCCC1)c1ccc2c(c1)CCCC2. The van der Waals surface area contributed by atoms with E-state index in [-0.39, 0.29) is 17.5 Å². The molecule has 1 aromatic rings. The van der Waals surface area contributed by atoms with Gasteiger partial charge in [0.2, 0.25) is 0 Å². The number of amides is 1. The van der Waals surface area contributed by atoms with Gasteiger partial charge in [-0.25, -0.2) is 0 Å².